The van der Waals surface area contributed by atoms with Crippen molar-refractivity contribution in [3.63, 3.8) is 0 Å². The maximum Gasteiger partial charge on any atom is -0.0354 e. The lowest BCUT2D eigenvalue weighted by Crippen LogP contribution is -2.28. The van der Waals surface area contributed by atoms with Gasteiger partial charge >= 0.3 is 0 Å². The van der Waals surface area contributed by atoms with E-state index < -0.39 is 0 Å². The van der Waals surface area contributed by atoms with Gasteiger partial charge in [0.2, 0.25) is 0 Å². The lowest BCUT2D eigenvalue weighted by molar-refractivity contribution is 0.137. The first-order valence-electron chi connectivity index (χ1n) is 7.73. The molecule has 1 aliphatic carbocycles. The molecule has 102 valence electrons. The molecule has 1 rings (SSSR count). The van der Waals surface area contributed by atoms with Crippen molar-refractivity contribution in [3.05, 3.63) is 0 Å². The van der Waals surface area contributed by atoms with Crippen LogP contribution >= 0.6 is 0 Å². The molecule has 0 bridgehead atoms. The quantitative estimate of drug-likeness (QED) is 0.583. The zero-order valence-electron chi connectivity index (χ0n) is 13.2. The summed E-state index contributed by atoms with van der Waals surface area (Å²) in [4.78, 5) is 0. The molecule has 0 spiro atoms. The molecular weight excluding hydrogens is 204 g/mol. The van der Waals surface area contributed by atoms with Crippen molar-refractivity contribution in [3.8, 4) is 0 Å². The molecule has 0 nitrogen and oxygen atoms in total. The zero-order chi connectivity index (χ0) is 13.2. The third kappa shape index (κ3) is 4.00. The molecule has 0 heterocycles. The second-order valence-electron chi connectivity index (χ2n) is 7.99. The first-order chi connectivity index (χ1) is 7.73. The van der Waals surface area contributed by atoms with Crippen molar-refractivity contribution >= 4 is 0 Å². The van der Waals surface area contributed by atoms with Gasteiger partial charge < -0.3 is 0 Å². The standard InChI is InChI=1S/C17H34/c1-12(2)8-9-15-10-11-16(13(15)3)14(4)17(5,6)7/h12-16H,8-11H2,1-7H3. The van der Waals surface area contributed by atoms with E-state index in [9.17, 15) is 0 Å². The molecule has 0 N–H and O–H groups in total. The van der Waals surface area contributed by atoms with Gasteiger partial charge in [-0.2, -0.15) is 0 Å². The van der Waals surface area contributed by atoms with Crippen molar-refractivity contribution in [1.82, 2.24) is 0 Å². The van der Waals surface area contributed by atoms with Crippen molar-refractivity contribution in [2.75, 3.05) is 0 Å². The maximum absolute atomic E-state index is 2.52. The molecule has 1 aliphatic rings. The lowest BCUT2D eigenvalue weighted by Gasteiger charge is -2.35. The number of rotatable bonds is 4. The van der Waals surface area contributed by atoms with Crippen molar-refractivity contribution in [2.45, 2.75) is 74.1 Å². The second kappa shape index (κ2) is 5.76. The average Bonchev–Trinajstić information content (AvgIpc) is 2.54. The van der Waals surface area contributed by atoms with Gasteiger partial charge in [0.25, 0.3) is 0 Å². The van der Waals surface area contributed by atoms with Gasteiger partial charge in [0, 0.05) is 0 Å². The Morgan fingerprint density at radius 3 is 2.12 bits per heavy atom. The summed E-state index contributed by atoms with van der Waals surface area (Å²) in [5, 5.41) is 0. The molecule has 0 radical (unpaired) electrons. The summed E-state index contributed by atoms with van der Waals surface area (Å²) in [6.45, 7) is 16.9. The minimum Gasteiger partial charge on any atom is -0.0628 e. The minimum absolute atomic E-state index is 0.478. The molecule has 0 aromatic carbocycles. The molecule has 4 unspecified atom stereocenters. The molecule has 4 atom stereocenters. The van der Waals surface area contributed by atoms with Crippen LogP contribution in [0.5, 0.6) is 0 Å². The summed E-state index contributed by atoms with van der Waals surface area (Å²) in [6.07, 6.45) is 5.85. The zero-order valence-corrected chi connectivity index (χ0v) is 13.2. The highest BCUT2D eigenvalue weighted by atomic mass is 14.4. The SMILES string of the molecule is CC(C)CCC1CCC(C(C)C(C)(C)C)C1C. The Balaban J connectivity index is 2.52. The fourth-order valence-corrected chi connectivity index (χ4v) is 3.58. The normalized spacial score (nSPS) is 32.1. The van der Waals surface area contributed by atoms with Crippen LogP contribution in [0, 0.1) is 35.0 Å². The molecule has 0 aliphatic heterocycles. The first-order valence-corrected chi connectivity index (χ1v) is 7.73. The van der Waals surface area contributed by atoms with Crippen LogP contribution in [-0.4, -0.2) is 0 Å². The predicted octanol–water partition coefficient (Wildman–Crippen LogP) is 5.77. The van der Waals surface area contributed by atoms with E-state index in [1.165, 1.54) is 25.7 Å². The Hall–Kier alpha value is 0. The van der Waals surface area contributed by atoms with Gasteiger partial charge in [-0.1, -0.05) is 54.9 Å². The van der Waals surface area contributed by atoms with E-state index >= 15 is 0 Å². The molecule has 0 aromatic heterocycles. The van der Waals surface area contributed by atoms with Gasteiger partial charge in [-0.25, -0.2) is 0 Å². The van der Waals surface area contributed by atoms with Gasteiger partial charge in [-0.15, -0.1) is 0 Å². The molecule has 1 fully saturated rings. The molecule has 0 amide bonds. The highest BCUT2D eigenvalue weighted by molar-refractivity contribution is 4.88. The van der Waals surface area contributed by atoms with Crippen molar-refractivity contribution < 1.29 is 0 Å². The highest BCUT2D eigenvalue weighted by Crippen LogP contribution is 2.47. The summed E-state index contributed by atoms with van der Waals surface area (Å²) in [5.41, 5.74) is 0.478. The maximum atomic E-state index is 2.52. The molecule has 17 heavy (non-hydrogen) atoms. The van der Waals surface area contributed by atoms with Crippen molar-refractivity contribution in [2.24, 2.45) is 35.0 Å². The van der Waals surface area contributed by atoms with Crippen LogP contribution in [-0.2, 0) is 0 Å². The molecule has 0 saturated heterocycles. The van der Waals surface area contributed by atoms with E-state index in [1.807, 2.05) is 0 Å². The summed E-state index contributed by atoms with van der Waals surface area (Å²) in [7, 11) is 0. The van der Waals surface area contributed by atoms with Gasteiger partial charge in [-0.05, 0) is 54.3 Å². The largest absolute Gasteiger partial charge is 0.0628 e. The summed E-state index contributed by atoms with van der Waals surface area (Å²) in [5.74, 6) is 4.66. The van der Waals surface area contributed by atoms with Crippen molar-refractivity contribution in [1.29, 1.82) is 0 Å². The Morgan fingerprint density at radius 2 is 1.65 bits per heavy atom. The van der Waals surface area contributed by atoms with Crippen LogP contribution < -0.4 is 0 Å². The third-order valence-corrected chi connectivity index (χ3v) is 5.41. The fourth-order valence-electron chi connectivity index (χ4n) is 3.58. The topological polar surface area (TPSA) is 0 Å². The Labute approximate surface area is 110 Å². The molecule has 0 heteroatoms. The highest BCUT2D eigenvalue weighted by Gasteiger charge is 2.39. The molecular formula is C17H34. The Morgan fingerprint density at radius 1 is 1.06 bits per heavy atom. The van der Waals surface area contributed by atoms with E-state index in [4.69, 9.17) is 0 Å². The first kappa shape index (κ1) is 15.1. The molecule has 1 saturated carbocycles. The smallest absolute Gasteiger partial charge is 0.0354 e. The van der Waals surface area contributed by atoms with E-state index in [2.05, 4.69) is 48.5 Å². The minimum atomic E-state index is 0.478. The Kier molecular flexibility index (Phi) is 5.10. The average molecular weight is 238 g/mol. The third-order valence-electron chi connectivity index (χ3n) is 5.41. The van der Waals surface area contributed by atoms with E-state index in [-0.39, 0.29) is 0 Å². The second-order valence-corrected chi connectivity index (χ2v) is 7.99. The van der Waals surface area contributed by atoms with Crippen LogP contribution in [0.2, 0.25) is 0 Å². The van der Waals surface area contributed by atoms with Crippen LogP contribution in [0.3, 0.4) is 0 Å². The number of hydrogen-bond acceptors (Lipinski definition) is 0. The fraction of sp³-hybridized carbons (Fsp3) is 1.00. The van der Waals surface area contributed by atoms with Crippen LogP contribution in [0.4, 0.5) is 0 Å². The van der Waals surface area contributed by atoms with E-state index in [1.54, 1.807) is 0 Å². The number of hydrogen-bond donors (Lipinski definition) is 0. The van der Waals surface area contributed by atoms with Gasteiger partial charge in [0.1, 0.15) is 0 Å². The van der Waals surface area contributed by atoms with Crippen LogP contribution in [0.1, 0.15) is 74.1 Å². The van der Waals surface area contributed by atoms with Gasteiger partial charge in [-0.3, -0.25) is 0 Å². The van der Waals surface area contributed by atoms with Gasteiger partial charge in [0.15, 0.2) is 0 Å². The van der Waals surface area contributed by atoms with E-state index in [0.717, 1.165) is 29.6 Å². The molecule has 0 aromatic rings. The Bertz CT molecular complexity index is 221. The van der Waals surface area contributed by atoms with Gasteiger partial charge in [0.05, 0.1) is 0 Å². The van der Waals surface area contributed by atoms with E-state index in [0.29, 0.717) is 5.41 Å². The predicted molar refractivity (Wildman–Crippen MR) is 78.1 cm³/mol. The van der Waals surface area contributed by atoms with Crippen LogP contribution in [0.25, 0.3) is 0 Å². The monoisotopic (exact) mass is 238 g/mol. The van der Waals surface area contributed by atoms with Crippen LogP contribution in [0.15, 0.2) is 0 Å². The summed E-state index contributed by atoms with van der Waals surface area (Å²) >= 11 is 0. The lowest BCUT2D eigenvalue weighted by atomic mass is 9.70. The summed E-state index contributed by atoms with van der Waals surface area (Å²) in [6, 6.07) is 0. The summed E-state index contributed by atoms with van der Waals surface area (Å²) < 4.78 is 0.